The van der Waals surface area contributed by atoms with Crippen molar-refractivity contribution >= 4 is 28.5 Å². The van der Waals surface area contributed by atoms with Gasteiger partial charge in [0.25, 0.3) is 0 Å². The Balaban J connectivity index is 2.20. The van der Waals surface area contributed by atoms with E-state index < -0.39 is 10.8 Å². The van der Waals surface area contributed by atoms with Crippen LogP contribution in [-0.2, 0) is 10.8 Å². The molecule has 1 aliphatic rings. The van der Waals surface area contributed by atoms with Gasteiger partial charge in [0, 0.05) is 42.4 Å². The van der Waals surface area contributed by atoms with E-state index in [4.69, 9.17) is 12.2 Å². The van der Waals surface area contributed by atoms with Crippen molar-refractivity contribution in [3.63, 3.8) is 0 Å². The highest BCUT2D eigenvalue weighted by molar-refractivity contribution is 7.84. The molecule has 0 aliphatic carbocycles. The molecule has 0 bridgehead atoms. The highest BCUT2D eigenvalue weighted by Gasteiger charge is 2.14. The number of unbranched alkanes of at least 4 members (excludes halogenated alkanes) is 1. The Labute approximate surface area is 107 Å². The SMILES string of the molecule is CS(=O)CCCCN(C=S)N1CCCCC1. The molecular formula is C11H22N2OS2. The zero-order valence-electron chi connectivity index (χ0n) is 10.1. The number of hydrogen-bond donors (Lipinski definition) is 0. The van der Waals surface area contributed by atoms with Crippen LogP contribution >= 0.6 is 12.2 Å². The molecule has 0 aromatic rings. The minimum Gasteiger partial charge on any atom is -0.302 e. The summed E-state index contributed by atoms with van der Waals surface area (Å²) in [5.74, 6) is 0.811. The molecule has 16 heavy (non-hydrogen) atoms. The van der Waals surface area contributed by atoms with Crippen molar-refractivity contribution in [2.45, 2.75) is 32.1 Å². The summed E-state index contributed by atoms with van der Waals surface area (Å²) in [6.45, 7) is 3.24. The van der Waals surface area contributed by atoms with E-state index in [1.165, 1.54) is 19.3 Å². The lowest BCUT2D eigenvalue weighted by Crippen LogP contribution is -2.44. The molecule has 3 nitrogen and oxygen atoms in total. The smallest absolute Gasteiger partial charge is 0.0790 e. The summed E-state index contributed by atoms with van der Waals surface area (Å²) in [6, 6.07) is 0. The Morgan fingerprint density at radius 2 is 2.00 bits per heavy atom. The number of nitrogens with zero attached hydrogens (tertiary/aromatic N) is 2. The molecule has 1 fully saturated rings. The second-order valence-electron chi connectivity index (χ2n) is 4.27. The van der Waals surface area contributed by atoms with E-state index in [1.54, 1.807) is 11.7 Å². The van der Waals surface area contributed by atoms with Crippen LogP contribution in [0.1, 0.15) is 32.1 Å². The third-order valence-electron chi connectivity index (χ3n) is 2.89. The molecule has 1 rings (SSSR count). The minimum absolute atomic E-state index is 0.655. The molecule has 0 amide bonds. The van der Waals surface area contributed by atoms with Gasteiger partial charge >= 0.3 is 0 Å². The Hall–Kier alpha value is -0.0000000000000000486. The van der Waals surface area contributed by atoms with Gasteiger partial charge in [-0.05, 0) is 25.7 Å². The lowest BCUT2D eigenvalue weighted by atomic mass is 10.2. The van der Waals surface area contributed by atoms with Gasteiger partial charge in [0.05, 0.1) is 5.49 Å². The van der Waals surface area contributed by atoms with Gasteiger partial charge in [-0.3, -0.25) is 4.21 Å². The molecule has 1 heterocycles. The highest BCUT2D eigenvalue weighted by atomic mass is 32.2. The van der Waals surface area contributed by atoms with E-state index >= 15 is 0 Å². The molecule has 94 valence electrons. The summed E-state index contributed by atoms with van der Waals surface area (Å²) >= 11 is 5.05. The average molecular weight is 262 g/mol. The summed E-state index contributed by atoms with van der Waals surface area (Å²) in [7, 11) is -0.655. The lowest BCUT2D eigenvalue weighted by Gasteiger charge is -2.36. The van der Waals surface area contributed by atoms with E-state index in [0.29, 0.717) is 0 Å². The minimum atomic E-state index is -0.655. The average Bonchev–Trinajstić information content (AvgIpc) is 2.30. The standard InChI is InChI=1S/C11H22N2OS2/c1-16(14)10-6-5-9-13(11-15)12-7-3-2-4-8-12/h11H,2-10H2,1H3. The van der Waals surface area contributed by atoms with E-state index in [2.05, 4.69) is 10.0 Å². The largest absolute Gasteiger partial charge is 0.302 e. The summed E-state index contributed by atoms with van der Waals surface area (Å²) in [4.78, 5) is 0. The van der Waals surface area contributed by atoms with Crippen LogP contribution in [0.2, 0.25) is 0 Å². The number of hydrogen-bond acceptors (Lipinski definition) is 3. The Morgan fingerprint density at radius 3 is 2.56 bits per heavy atom. The van der Waals surface area contributed by atoms with Crippen LogP contribution in [0.5, 0.6) is 0 Å². The van der Waals surface area contributed by atoms with Gasteiger partial charge in [0.15, 0.2) is 0 Å². The molecule has 1 atom stereocenters. The first-order chi connectivity index (χ1) is 7.74. The van der Waals surface area contributed by atoms with Crippen molar-refractivity contribution < 1.29 is 4.21 Å². The van der Waals surface area contributed by atoms with Crippen molar-refractivity contribution in [1.29, 1.82) is 0 Å². The fourth-order valence-corrected chi connectivity index (χ4v) is 2.82. The van der Waals surface area contributed by atoms with E-state index in [9.17, 15) is 4.21 Å². The quantitative estimate of drug-likeness (QED) is 0.516. The lowest BCUT2D eigenvalue weighted by molar-refractivity contribution is 0.0315. The number of rotatable bonds is 7. The summed E-state index contributed by atoms with van der Waals surface area (Å²) in [6.07, 6.45) is 7.76. The third kappa shape index (κ3) is 5.37. The molecular weight excluding hydrogens is 240 g/mol. The zero-order valence-corrected chi connectivity index (χ0v) is 11.7. The molecule has 1 unspecified atom stereocenters. The van der Waals surface area contributed by atoms with Crippen LogP contribution in [0.25, 0.3) is 0 Å². The maximum atomic E-state index is 10.9. The van der Waals surface area contributed by atoms with Gasteiger partial charge in [-0.15, -0.1) is 0 Å². The van der Waals surface area contributed by atoms with Crippen LogP contribution in [0.3, 0.4) is 0 Å². The van der Waals surface area contributed by atoms with Crippen LogP contribution < -0.4 is 0 Å². The molecule has 0 spiro atoms. The molecule has 0 aromatic heterocycles. The third-order valence-corrected chi connectivity index (χ3v) is 3.99. The topological polar surface area (TPSA) is 23.6 Å². The first kappa shape index (κ1) is 14.1. The highest BCUT2D eigenvalue weighted by Crippen LogP contribution is 2.11. The van der Waals surface area contributed by atoms with Crippen molar-refractivity contribution in [1.82, 2.24) is 10.0 Å². The van der Waals surface area contributed by atoms with E-state index in [1.807, 2.05) is 0 Å². The predicted octanol–water partition coefficient (Wildman–Crippen LogP) is 1.81. The molecule has 5 heteroatoms. The fraction of sp³-hybridized carbons (Fsp3) is 0.909. The Bertz CT molecular complexity index is 230. The first-order valence-corrected chi connectivity index (χ1v) is 8.20. The van der Waals surface area contributed by atoms with Crippen molar-refractivity contribution in [3.8, 4) is 0 Å². The first-order valence-electron chi connectivity index (χ1n) is 6.01. The van der Waals surface area contributed by atoms with Crippen molar-refractivity contribution in [2.24, 2.45) is 0 Å². The van der Waals surface area contributed by atoms with Gasteiger partial charge in [-0.25, -0.2) is 5.01 Å². The van der Waals surface area contributed by atoms with Gasteiger partial charge in [-0.2, -0.15) is 0 Å². The van der Waals surface area contributed by atoms with E-state index in [0.717, 1.165) is 38.2 Å². The fourth-order valence-electron chi connectivity index (χ4n) is 1.97. The molecule has 0 saturated carbocycles. The van der Waals surface area contributed by atoms with Crippen LogP contribution in [0, 0.1) is 0 Å². The maximum absolute atomic E-state index is 10.9. The summed E-state index contributed by atoms with van der Waals surface area (Å²) in [5.41, 5.74) is 1.76. The zero-order chi connectivity index (χ0) is 11.8. The molecule has 0 radical (unpaired) electrons. The predicted molar refractivity (Wildman–Crippen MR) is 74.0 cm³/mol. The van der Waals surface area contributed by atoms with E-state index in [-0.39, 0.29) is 0 Å². The number of hydrazine groups is 1. The number of piperidine rings is 1. The van der Waals surface area contributed by atoms with Crippen molar-refractivity contribution in [3.05, 3.63) is 0 Å². The Morgan fingerprint density at radius 1 is 1.31 bits per heavy atom. The second-order valence-corrected chi connectivity index (χ2v) is 6.03. The molecule has 1 aliphatic heterocycles. The molecule has 0 N–H and O–H groups in total. The monoisotopic (exact) mass is 262 g/mol. The molecule has 0 aromatic carbocycles. The summed E-state index contributed by atoms with van der Waals surface area (Å²) < 4.78 is 10.9. The second kappa shape index (κ2) is 8.14. The van der Waals surface area contributed by atoms with Gasteiger partial charge in [0.2, 0.25) is 0 Å². The summed E-state index contributed by atoms with van der Waals surface area (Å²) in [5, 5.41) is 4.51. The van der Waals surface area contributed by atoms with Crippen LogP contribution in [0.4, 0.5) is 0 Å². The van der Waals surface area contributed by atoms with Gasteiger partial charge < -0.3 is 5.01 Å². The van der Waals surface area contributed by atoms with Crippen LogP contribution in [-0.4, -0.2) is 51.4 Å². The van der Waals surface area contributed by atoms with Crippen LogP contribution in [0.15, 0.2) is 0 Å². The normalized spacial score (nSPS) is 19.3. The Kier molecular flexibility index (Phi) is 7.16. The maximum Gasteiger partial charge on any atom is 0.0790 e. The van der Waals surface area contributed by atoms with Crippen molar-refractivity contribution in [2.75, 3.05) is 31.6 Å². The number of thiocarbonyl (C=S) groups is 1. The molecule has 1 saturated heterocycles. The van der Waals surface area contributed by atoms with Gasteiger partial charge in [-0.1, -0.05) is 18.6 Å². The van der Waals surface area contributed by atoms with Gasteiger partial charge in [0.1, 0.15) is 0 Å².